The highest BCUT2D eigenvalue weighted by molar-refractivity contribution is 8.00. The first-order chi connectivity index (χ1) is 40.7. The van der Waals surface area contributed by atoms with E-state index in [2.05, 4.69) is 54.8 Å². The fourth-order valence-corrected chi connectivity index (χ4v) is 12.1. The fraction of sp³-hybridized carbons (Fsp3) is 0.525. The van der Waals surface area contributed by atoms with Gasteiger partial charge in [-0.15, -0.1) is 0 Å². The standard InChI is InChI=1S/C61H83N9O15S/c1-35(2)49(67-56(81)50(36(3)71)63-33-42(73)21-15-16-30-62-47(74)23-14-13-22-46-61(6)60(5,34-86-46)69-59(85)70-61)55(80)68-51(37(4)72)57(82)65-44(31-39-24-26-41(27-25-39)52(77)40-19-11-8-12-20-40)54(79)64-43(28-29-48(75)76)53(78)66-45(58(83)84)32-38-17-9-7-10-18-38/h7-12,17-20,24-27,35-37,43-46,49-51,63,71-72H,13-16,21-23,28-34H2,1-6H3,(H,62,74)(H,64,79)(H,65,82)(H,66,78)(H,67,81)(H,68,80)(H,75,76)(H,83,84)(H2,69,70,85)/t36-,37-,43+,44+,45+,46+,49+,50+,51+,60+,61-/m1/s1. The topological polar surface area (TPSA) is 377 Å². The molecule has 13 N–H and O–H groups in total. The Hall–Kier alpha value is -7.74. The molecule has 86 heavy (non-hydrogen) atoms. The van der Waals surface area contributed by atoms with Crippen LogP contribution in [0.2, 0.25) is 0 Å². The normalized spacial score (nSPS) is 19.7. The van der Waals surface area contributed by atoms with Crippen LogP contribution >= 0.6 is 11.8 Å². The Balaban J connectivity index is 1.19. The van der Waals surface area contributed by atoms with Crippen molar-refractivity contribution < 1.29 is 73.2 Å². The molecule has 24 nitrogen and oxygen atoms in total. The highest BCUT2D eigenvalue weighted by atomic mass is 32.2. The van der Waals surface area contributed by atoms with Crippen LogP contribution in [0.4, 0.5) is 4.79 Å². The third kappa shape index (κ3) is 20.2. The molecule has 0 bridgehead atoms. The number of aliphatic carboxylic acids is 2. The lowest BCUT2D eigenvalue weighted by Gasteiger charge is -2.35. The lowest BCUT2D eigenvalue weighted by atomic mass is 9.79. The van der Waals surface area contributed by atoms with Gasteiger partial charge in [-0.05, 0) is 76.8 Å². The number of aliphatic hydroxyl groups excluding tert-OH is 2. The molecule has 0 aliphatic carbocycles. The van der Waals surface area contributed by atoms with E-state index < -0.39 is 109 Å². The molecule has 3 aromatic rings. The Morgan fingerprint density at radius 3 is 1.74 bits per heavy atom. The van der Waals surface area contributed by atoms with E-state index in [-0.39, 0.29) is 65.6 Å². The highest BCUT2D eigenvalue weighted by Gasteiger charge is 2.60. The molecule has 8 amide bonds. The summed E-state index contributed by atoms with van der Waals surface area (Å²) in [7, 11) is 0. The van der Waals surface area contributed by atoms with Gasteiger partial charge in [0.15, 0.2) is 5.78 Å². The zero-order chi connectivity index (χ0) is 63.3. The van der Waals surface area contributed by atoms with Crippen molar-refractivity contribution in [2.45, 2.75) is 177 Å². The minimum atomic E-state index is -1.80. The van der Waals surface area contributed by atoms with E-state index in [1.807, 2.05) is 18.7 Å². The van der Waals surface area contributed by atoms with Crippen LogP contribution < -0.4 is 47.9 Å². The minimum absolute atomic E-state index is 0.101. The number of carboxylic acids is 2. The number of nitrogens with one attached hydrogen (secondary N) is 9. The van der Waals surface area contributed by atoms with E-state index >= 15 is 0 Å². The predicted molar refractivity (Wildman–Crippen MR) is 319 cm³/mol. The SMILES string of the molecule is CC(C)[C@H](NC(=O)[C@@H](NCC(=O)CCCCNC(=O)CCCC[C@@H]1SC[C@]2(C)NC(=O)N[C@]12C)[C@@H](C)O)C(=O)N[C@H](C(=O)N[C@@H](Cc1ccc(C(=O)c2ccccc2)cc1)C(=O)N[C@@H](CCC(=O)O)C(=O)N[C@@H](Cc1ccccc1)C(=O)O)[C@@H](C)O. The molecule has 3 aromatic carbocycles. The lowest BCUT2D eigenvalue weighted by molar-refractivity contribution is -0.143. The summed E-state index contributed by atoms with van der Waals surface area (Å²) in [6.45, 7) is 9.80. The summed E-state index contributed by atoms with van der Waals surface area (Å²) in [5.41, 5.74) is 0.952. The number of hydrogen-bond donors (Lipinski definition) is 13. The molecule has 2 fully saturated rings. The Labute approximate surface area is 504 Å². The molecule has 11 atom stereocenters. The maximum absolute atomic E-state index is 14.4. The van der Waals surface area contributed by atoms with Crippen molar-refractivity contribution in [3.8, 4) is 0 Å². The number of carbonyl (C=O) groups is 11. The van der Waals surface area contributed by atoms with E-state index in [4.69, 9.17) is 0 Å². The number of fused-ring (bicyclic) bond motifs is 1. The van der Waals surface area contributed by atoms with Crippen LogP contribution in [0.15, 0.2) is 84.9 Å². The summed E-state index contributed by atoms with van der Waals surface area (Å²) in [6, 6.07) is 13.3. The number of hydrogen-bond acceptors (Lipinski definition) is 15. The number of carbonyl (C=O) groups excluding carboxylic acids is 9. The number of Topliss-reactive ketones (excluding diaryl/α,β-unsaturated/α-hetero) is 1. The van der Waals surface area contributed by atoms with Gasteiger partial charge in [-0.1, -0.05) is 105 Å². The second kappa shape index (κ2) is 32.7. The first-order valence-electron chi connectivity index (χ1n) is 29.0. The molecule has 0 aromatic heterocycles. The number of unbranched alkanes of at least 4 members (excludes halogenated alkanes) is 2. The molecule has 0 spiro atoms. The molecule has 2 aliphatic heterocycles. The first kappa shape index (κ1) is 69.0. The second-order valence-electron chi connectivity index (χ2n) is 22.8. The molecule has 25 heteroatoms. The molecule has 0 saturated carbocycles. The number of carboxylic acid groups (broad SMARTS) is 2. The molecule has 5 rings (SSSR count). The molecular formula is C61H83N9O15S. The van der Waals surface area contributed by atoms with Gasteiger partial charge >= 0.3 is 18.0 Å². The minimum Gasteiger partial charge on any atom is -0.481 e. The van der Waals surface area contributed by atoms with Crippen molar-refractivity contribution >= 4 is 76.7 Å². The maximum Gasteiger partial charge on any atom is 0.326 e. The Bertz CT molecular complexity index is 2860. The number of rotatable bonds is 36. The van der Waals surface area contributed by atoms with Gasteiger partial charge in [-0.3, -0.25) is 48.5 Å². The summed E-state index contributed by atoms with van der Waals surface area (Å²) in [5.74, 6) is -8.33. The maximum atomic E-state index is 14.4. The van der Waals surface area contributed by atoms with E-state index in [1.54, 1.807) is 74.5 Å². The van der Waals surface area contributed by atoms with Crippen molar-refractivity contribution in [2.75, 3.05) is 18.8 Å². The summed E-state index contributed by atoms with van der Waals surface area (Å²) in [5, 5.41) is 65.5. The average molecular weight is 1210 g/mol. The van der Waals surface area contributed by atoms with Gasteiger partial charge in [0, 0.05) is 60.8 Å². The summed E-state index contributed by atoms with van der Waals surface area (Å²) >= 11 is 1.82. The third-order valence-corrected chi connectivity index (χ3v) is 17.4. The zero-order valence-electron chi connectivity index (χ0n) is 49.4. The van der Waals surface area contributed by atoms with E-state index in [9.17, 15) is 73.2 Å². The average Bonchev–Trinajstić information content (AvgIpc) is 1.71. The van der Waals surface area contributed by atoms with Crippen LogP contribution in [0, 0.1) is 5.92 Å². The van der Waals surface area contributed by atoms with E-state index in [0.29, 0.717) is 54.5 Å². The number of aliphatic hydroxyl groups is 2. The third-order valence-electron chi connectivity index (χ3n) is 15.5. The van der Waals surface area contributed by atoms with Crippen LogP contribution in [-0.4, -0.2) is 169 Å². The van der Waals surface area contributed by atoms with E-state index in [0.717, 1.165) is 18.6 Å². The van der Waals surface area contributed by atoms with Crippen LogP contribution in [0.5, 0.6) is 0 Å². The second-order valence-corrected chi connectivity index (χ2v) is 24.0. The highest BCUT2D eigenvalue weighted by Crippen LogP contribution is 2.47. The van der Waals surface area contributed by atoms with Crippen molar-refractivity contribution in [3.63, 3.8) is 0 Å². The molecule has 2 saturated heterocycles. The molecule has 2 aliphatic rings. The summed E-state index contributed by atoms with van der Waals surface area (Å²) in [4.78, 5) is 145. The number of benzene rings is 3. The van der Waals surface area contributed by atoms with Gasteiger partial charge in [-0.25, -0.2) is 9.59 Å². The number of amides is 8. The van der Waals surface area contributed by atoms with Gasteiger partial charge in [0.05, 0.1) is 29.8 Å². The van der Waals surface area contributed by atoms with Crippen molar-refractivity contribution in [1.82, 2.24) is 47.9 Å². The van der Waals surface area contributed by atoms with Gasteiger partial charge in [0.25, 0.3) is 0 Å². The van der Waals surface area contributed by atoms with Crippen molar-refractivity contribution in [2.24, 2.45) is 5.92 Å². The van der Waals surface area contributed by atoms with Crippen LogP contribution in [0.3, 0.4) is 0 Å². The van der Waals surface area contributed by atoms with Crippen LogP contribution in [-0.2, 0) is 56.0 Å². The smallest absolute Gasteiger partial charge is 0.326 e. The summed E-state index contributed by atoms with van der Waals surface area (Å²) < 4.78 is 0. The van der Waals surface area contributed by atoms with Gasteiger partial charge < -0.3 is 63.0 Å². The van der Waals surface area contributed by atoms with Crippen molar-refractivity contribution in [3.05, 3.63) is 107 Å². The Morgan fingerprint density at radius 1 is 0.593 bits per heavy atom. The molecule has 0 unspecified atom stereocenters. The number of urea groups is 1. The Morgan fingerprint density at radius 2 is 1.13 bits per heavy atom. The van der Waals surface area contributed by atoms with Gasteiger partial charge in [0.1, 0.15) is 42.0 Å². The largest absolute Gasteiger partial charge is 0.481 e. The van der Waals surface area contributed by atoms with Crippen LogP contribution in [0.1, 0.15) is 126 Å². The van der Waals surface area contributed by atoms with Crippen molar-refractivity contribution in [1.29, 1.82) is 0 Å². The fourth-order valence-electron chi connectivity index (χ4n) is 10.2. The lowest BCUT2D eigenvalue weighted by Crippen LogP contribution is -2.63. The monoisotopic (exact) mass is 1210 g/mol. The van der Waals surface area contributed by atoms with Crippen LogP contribution in [0.25, 0.3) is 0 Å². The first-order valence-corrected chi connectivity index (χ1v) is 30.1. The number of thioether (sulfide) groups is 1. The van der Waals surface area contributed by atoms with E-state index in [1.165, 1.54) is 38.1 Å². The molecule has 0 radical (unpaired) electrons. The Kier molecular flexibility index (Phi) is 26.2. The molecule has 2 heterocycles. The van der Waals surface area contributed by atoms with Gasteiger partial charge in [-0.2, -0.15) is 11.8 Å². The summed E-state index contributed by atoms with van der Waals surface area (Å²) in [6.07, 6.45) is -0.897. The number of ketones is 2. The molecular weight excluding hydrogens is 1130 g/mol. The quantitative estimate of drug-likeness (QED) is 0.0224. The molecule has 468 valence electrons. The van der Waals surface area contributed by atoms with Gasteiger partial charge in [0.2, 0.25) is 35.4 Å². The predicted octanol–water partition coefficient (Wildman–Crippen LogP) is 1.81. The zero-order valence-corrected chi connectivity index (χ0v) is 50.3.